The van der Waals surface area contributed by atoms with Crippen LogP contribution in [0, 0.1) is 27.7 Å². The first-order valence-electron chi connectivity index (χ1n) is 9.10. The molecular weight excluding hydrogens is 368 g/mol. The monoisotopic (exact) mass is 394 g/mol. The van der Waals surface area contributed by atoms with E-state index in [4.69, 9.17) is 4.74 Å². The average Bonchev–Trinajstić information content (AvgIpc) is 2.72. The summed E-state index contributed by atoms with van der Waals surface area (Å²) in [5, 5.41) is 0.735. The molecule has 6 heteroatoms. The highest BCUT2D eigenvalue weighted by molar-refractivity contribution is 7.98. The van der Waals surface area contributed by atoms with Crippen LogP contribution in [0.1, 0.15) is 22.3 Å². The standard InChI is InChI=1S/C22H26N4OS/c1-13-15(3)20(26(5)17-8-10-18(27-6)11-9-17)16(4)14(2)19(13)21-23-12-24-22(25-21)28-7/h8-12H,1-7H3. The molecule has 0 aliphatic rings. The molecule has 0 saturated heterocycles. The number of anilines is 2. The first-order valence-corrected chi connectivity index (χ1v) is 10.3. The van der Waals surface area contributed by atoms with E-state index < -0.39 is 0 Å². The smallest absolute Gasteiger partial charge is 0.190 e. The summed E-state index contributed by atoms with van der Waals surface area (Å²) in [4.78, 5) is 15.5. The molecule has 28 heavy (non-hydrogen) atoms. The van der Waals surface area contributed by atoms with Crippen molar-refractivity contribution in [3.8, 4) is 17.1 Å². The lowest BCUT2D eigenvalue weighted by Gasteiger charge is -2.28. The third kappa shape index (κ3) is 3.56. The molecule has 0 aliphatic heterocycles. The van der Waals surface area contributed by atoms with Gasteiger partial charge in [-0.2, -0.15) is 0 Å². The van der Waals surface area contributed by atoms with Crippen LogP contribution in [0.5, 0.6) is 5.75 Å². The Hall–Kier alpha value is -2.60. The van der Waals surface area contributed by atoms with Crippen LogP contribution in [0.25, 0.3) is 11.4 Å². The van der Waals surface area contributed by atoms with Gasteiger partial charge in [0.15, 0.2) is 11.0 Å². The molecule has 0 saturated carbocycles. The third-order valence-corrected chi connectivity index (χ3v) is 5.90. The number of hydrogen-bond acceptors (Lipinski definition) is 6. The molecule has 0 fully saturated rings. The Balaban J connectivity index is 2.14. The minimum absolute atomic E-state index is 0.735. The third-order valence-electron chi connectivity index (χ3n) is 5.34. The molecule has 146 valence electrons. The van der Waals surface area contributed by atoms with Crippen molar-refractivity contribution >= 4 is 23.1 Å². The minimum atomic E-state index is 0.735. The highest BCUT2D eigenvalue weighted by atomic mass is 32.2. The second kappa shape index (κ2) is 8.19. The number of hydrogen-bond donors (Lipinski definition) is 0. The molecule has 2 aromatic carbocycles. The van der Waals surface area contributed by atoms with Crippen molar-refractivity contribution in [2.75, 3.05) is 25.3 Å². The molecule has 0 bridgehead atoms. The zero-order chi connectivity index (χ0) is 20.4. The second-order valence-electron chi connectivity index (χ2n) is 6.78. The van der Waals surface area contributed by atoms with E-state index in [1.807, 2.05) is 18.4 Å². The first kappa shape index (κ1) is 20.1. The SMILES string of the molecule is COc1ccc(N(C)c2c(C)c(C)c(-c3ncnc(SC)n3)c(C)c2C)cc1. The summed E-state index contributed by atoms with van der Waals surface area (Å²) in [7, 11) is 3.78. The molecule has 1 heterocycles. The fourth-order valence-electron chi connectivity index (χ4n) is 3.57. The number of nitrogens with zero attached hydrogens (tertiary/aromatic N) is 4. The molecule has 3 aromatic rings. The predicted molar refractivity (Wildman–Crippen MR) is 117 cm³/mol. The van der Waals surface area contributed by atoms with Crippen LogP contribution in [-0.4, -0.2) is 35.4 Å². The summed E-state index contributed by atoms with van der Waals surface area (Å²) in [6, 6.07) is 8.12. The van der Waals surface area contributed by atoms with Gasteiger partial charge in [0.2, 0.25) is 0 Å². The molecule has 0 aliphatic carbocycles. The summed E-state index contributed by atoms with van der Waals surface area (Å²) in [5.74, 6) is 1.59. The predicted octanol–water partition coefficient (Wildman–Crippen LogP) is 5.27. The van der Waals surface area contributed by atoms with Gasteiger partial charge < -0.3 is 9.64 Å². The molecule has 0 amide bonds. The van der Waals surface area contributed by atoms with Crippen molar-refractivity contribution in [1.82, 2.24) is 15.0 Å². The van der Waals surface area contributed by atoms with Gasteiger partial charge in [-0.05, 0) is 80.5 Å². The quantitative estimate of drug-likeness (QED) is 0.550. The van der Waals surface area contributed by atoms with E-state index in [1.54, 1.807) is 13.4 Å². The summed E-state index contributed by atoms with van der Waals surface area (Å²) >= 11 is 1.53. The van der Waals surface area contributed by atoms with Crippen molar-refractivity contribution in [2.24, 2.45) is 0 Å². The first-order chi connectivity index (χ1) is 13.4. The van der Waals surface area contributed by atoms with E-state index in [0.717, 1.165) is 28.0 Å². The maximum atomic E-state index is 5.28. The molecule has 1 aromatic heterocycles. The molecule has 5 nitrogen and oxygen atoms in total. The number of rotatable bonds is 5. The van der Waals surface area contributed by atoms with Gasteiger partial charge in [-0.15, -0.1) is 0 Å². The second-order valence-corrected chi connectivity index (χ2v) is 7.55. The van der Waals surface area contributed by atoms with E-state index in [0.29, 0.717) is 0 Å². The Kier molecular flexibility index (Phi) is 5.89. The Labute approximate surface area is 171 Å². The number of benzene rings is 2. The molecule has 0 radical (unpaired) electrons. The lowest BCUT2D eigenvalue weighted by molar-refractivity contribution is 0.415. The zero-order valence-electron chi connectivity index (χ0n) is 17.5. The van der Waals surface area contributed by atoms with Crippen LogP contribution in [0.3, 0.4) is 0 Å². The van der Waals surface area contributed by atoms with Crippen molar-refractivity contribution in [1.29, 1.82) is 0 Å². The van der Waals surface area contributed by atoms with Gasteiger partial charge in [0, 0.05) is 24.0 Å². The van der Waals surface area contributed by atoms with E-state index >= 15 is 0 Å². The number of thioether (sulfide) groups is 1. The Morgan fingerprint density at radius 1 is 0.893 bits per heavy atom. The zero-order valence-corrected chi connectivity index (χ0v) is 18.3. The Morgan fingerprint density at radius 2 is 1.50 bits per heavy atom. The van der Waals surface area contributed by atoms with Crippen molar-refractivity contribution in [2.45, 2.75) is 32.9 Å². The van der Waals surface area contributed by atoms with Crippen LogP contribution in [0.15, 0.2) is 35.7 Å². The molecule has 0 N–H and O–H groups in total. The van der Waals surface area contributed by atoms with Crippen LogP contribution in [0.4, 0.5) is 11.4 Å². The Morgan fingerprint density at radius 3 is 2.04 bits per heavy atom. The van der Waals surface area contributed by atoms with Gasteiger partial charge >= 0.3 is 0 Å². The van der Waals surface area contributed by atoms with Gasteiger partial charge in [0.25, 0.3) is 0 Å². The molecule has 0 unspecified atom stereocenters. The Bertz CT molecular complexity index is 973. The van der Waals surface area contributed by atoms with Crippen LogP contribution in [-0.2, 0) is 0 Å². The topological polar surface area (TPSA) is 51.1 Å². The normalized spacial score (nSPS) is 10.8. The van der Waals surface area contributed by atoms with E-state index in [2.05, 4.69) is 66.7 Å². The molecule has 0 spiro atoms. The average molecular weight is 395 g/mol. The molecule has 0 atom stereocenters. The van der Waals surface area contributed by atoms with Crippen LogP contribution < -0.4 is 9.64 Å². The van der Waals surface area contributed by atoms with Crippen molar-refractivity contribution < 1.29 is 4.74 Å². The number of methoxy groups -OCH3 is 1. The maximum absolute atomic E-state index is 5.28. The fourth-order valence-corrected chi connectivity index (χ4v) is 3.90. The molecule has 3 rings (SSSR count). The van der Waals surface area contributed by atoms with Crippen LogP contribution in [0.2, 0.25) is 0 Å². The lowest BCUT2D eigenvalue weighted by atomic mass is 9.91. The fraction of sp³-hybridized carbons (Fsp3) is 0.318. The minimum Gasteiger partial charge on any atom is -0.497 e. The van der Waals surface area contributed by atoms with Crippen molar-refractivity contribution in [3.05, 3.63) is 52.8 Å². The van der Waals surface area contributed by atoms with E-state index in [9.17, 15) is 0 Å². The summed E-state index contributed by atoms with van der Waals surface area (Å²) in [5.41, 5.74) is 8.25. The maximum Gasteiger partial charge on any atom is 0.190 e. The molecular formula is C22H26N4OS. The number of aromatic nitrogens is 3. The van der Waals surface area contributed by atoms with Crippen molar-refractivity contribution in [3.63, 3.8) is 0 Å². The van der Waals surface area contributed by atoms with E-state index in [-0.39, 0.29) is 0 Å². The lowest BCUT2D eigenvalue weighted by Crippen LogP contribution is -2.15. The highest BCUT2D eigenvalue weighted by Crippen LogP contribution is 2.39. The largest absolute Gasteiger partial charge is 0.497 e. The summed E-state index contributed by atoms with van der Waals surface area (Å²) < 4.78 is 5.28. The van der Waals surface area contributed by atoms with Gasteiger partial charge in [-0.25, -0.2) is 15.0 Å². The summed E-state index contributed by atoms with van der Waals surface area (Å²) in [6.07, 6.45) is 3.57. The summed E-state index contributed by atoms with van der Waals surface area (Å²) in [6.45, 7) is 8.62. The van der Waals surface area contributed by atoms with Crippen LogP contribution >= 0.6 is 11.8 Å². The highest BCUT2D eigenvalue weighted by Gasteiger charge is 2.21. The van der Waals surface area contributed by atoms with Gasteiger partial charge in [0.05, 0.1) is 7.11 Å². The van der Waals surface area contributed by atoms with Gasteiger partial charge in [-0.1, -0.05) is 11.8 Å². The van der Waals surface area contributed by atoms with Gasteiger partial charge in [-0.3, -0.25) is 0 Å². The van der Waals surface area contributed by atoms with Gasteiger partial charge in [0.1, 0.15) is 12.1 Å². The van der Waals surface area contributed by atoms with E-state index in [1.165, 1.54) is 39.7 Å². The number of ether oxygens (including phenoxy) is 1.